The lowest BCUT2D eigenvalue weighted by atomic mass is 10.1. The Labute approximate surface area is 170 Å². The molecule has 1 aliphatic carbocycles. The van der Waals surface area contributed by atoms with E-state index in [4.69, 9.17) is 4.74 Å². The molecule has 0 radical (unpaired) electrons. The van der Waals surface area contributed by atoms with Crippen LogP contribution in [0.2, 0.25) is 0 Å². The predicted octanol–water partition coefficient (Wildman–Crippen LogP) is 2.46. The number of hydrogen-bond acceptors (Lipinski definition) is 5. The predicted molar refractivity (Wildman–Crippen MR) is 107 cm³/mol. The van der Waals surface area contributed by atoms with Crippen molar-refractivity contribution < 1.29 is 14.3 Å². The van der Waals surface area contributed by atoms with Gasteiger partial charge < -0.3 is 15.0 Å². The van der Waals surface area contributed by atoms with E-state index in [1.54, 1.807) is 17.3 Å². The lowest BCUT2D eigenvalue weighted by molar-refractivity contribution is -0.129. The van der Waals surface area contributed by atoms with E-state index in [0.717, 1.165) is 24.1 Å². The van der Waals surface area contributed by atoms with Gasteiger partial charge in [0, 0.05) is 37.5 Å². The van der Waals surface area contributed by atoms with Crippen molar-refractivity contribution >= 4 is 11.8 Å². The summed E-state index contributed by atoms with van der Waals surface area (Å²) in [6.45, 7) is 1.20. The smallest absolute Gasteiger partial charge is 0.225 e. The Bertz CT molecular complexity index is 852. The lowest BCUT2D eigenvalue weighted by Gasteiger charge is -2.17. The fraction of sp³-hybridized carbons (Fsp3) is 0.455. The first-order chi connectivity index (χ1) is 14.2. The highest BCUT2D eigenvalue weighted by molar-refractivity contribution is 5.89. The third-order valence-corrected chi connectivity index (χ3v) is 5.55. The molecule has 2 aliphatic rings. The summed E-state index contributed by atoms with van der Waals surface area (Å²) < 4.78 is 6.03. The molecular weight excluding hydrogens is 368 g/mol. The van der Waals surface area contributed by atoms with Gasteiger partial charge in [0.05, 0.1) is 18.2 Å². The van der Waals surface area contributed by atoms with Crippen molar-refractivity contribution in [2.24, 2.45) is 5.92 Å². The van der Waals surface area contributed by atoms with Gasteiger partial charge in [0.2, 0.25) is 17.7 Å². The highest BCUT2D eigenvalue weighted by Gasteiger charge is 2.34. The first kappa shape index (κ1) is 19.4. The van der Waals surface area contributed by atoms with Crippen LogP contribution in [0.4, 0.5) is 0 Å². The summed E-state index contributed by atoms with van der Waals surface area (Å²) in [5.41, 5.74) is 1.69. The van der Waals surface area contributed by atoms with Gasteiger partial charge in [-0.2, -0.15) is 0 Å². The summed E-state index contributed by atoms with van der Waals surface area (Å²) in [5, 5.41) is 2.96. The Hall–Kier alpha value is -2.96. The SMILES string of the molecule is O=C(NCc1cccnc1OC1CCCC1)[C@H]1CC(=O)N(Cc2ccccn2)C1. The van der Waals surface area contributed by atoms with E-state index >= 15 is 0 Å². The van der Waals surface area contributed by atoms with Crippen LogP contribution in [0.1, 0.15) is 43.4 Å². The Balaban J connectivity index is 1.31. The molecule has 1 saturated carbocycles. The third kappa shape index (κ3) is 4.91. The second kappa shape index (κ2) is 9.03. The van der Waals surface area contributed by atoms with Crippen LogP contribution in [0, 0.1) is 5.92 Å². The molecule has 152 valence electrons. The number of hydrogen-bond donors (Lipinski definition) is 1. The van der Waals surface area contributed by atoms with Gasteiger partial charge in [-0.3, -0.25) is 14.6 Å². The number of carbonyl (C=O) groups excluding carboxylic acids is 2. The minimum absolute atomic E-state index is 0.0116. The molecule has 7 heteroatoms. The Morgan fingerprint density at radius 3 is 2.76 bits per heavy atom. The maximum Gasteiger partial charge on any atom is 0.225 e. The van der Waals surface area contributed by atoms with Crippen molar-refractivity contribution in [1.29, 1.82) is 0 Å². The number of ether oxygens (including phenoxy) is 1. The first-order valence-electron chi connectivity index (χ1n) is 10.2. The second-order valence-corrected chi connectivity index (χ2v) is 7.71. The van der Waals surface area contributed by atoms with Crippen LogP contribution in [-0.4, -0.2) is 39.3 Å². The summed E-state index contributed by atoms with van der Waals surface area (Å²) in [6.07, 6.45) is 8.35. The molecule has 7 nitrogen and oxygen atoms in total. The van der Waals surface area contributed by atoms with E-state index in [1.165, 1.54) is 12.8 Å². The van der Waals surface area contributed by atoms with Gasteiger partial charge in [-0.15, -0.1) is 0 Å². The topological polar surface area (TPSA) is 84.4 Å². The van der Waals surface area contributed by atoms with Crippen molar-refractivity contribution in [3.63, 3.8) is 0 Å². The van der Waals surface area contributed by atoms with E-state index in [9.17, 15) is 9.59 Å². The summed E-state index contributed by atoms with van der Waals surface area (Å²) in [7, 11) is 0. The number of likely N-dealkylation sites (tertiary alicyclic amines) is 1. The average Bonchev–Trinajstić information content (AvgIpc) is 3.38. The zero-order valence-corrected chi connectivity index (χ0v) is 16.4. The zero-order valence-electron chi connectivity index (χ0n) is 16.4. The van der Waals surface area contributed by atoms with E-state index in [-0.39, 0.29) is 30.3 Å². The molecule has 0 bridgehead atoms. The molecule has 0 unspecified atom stereocenters. The summed E-state index contributed by atoms with van der Waals surface area (Å²) in [5.74, 6) is 0.126. The normalized spacial score (nSPS) is 19.5. The maximum atomic E-state index is 12.7. The number of rotatable bonds is 7. The molecule has 2 aromatic heterocycles. The van der Waals surface area contributed by atoms with Crippen LogP contribution in [0.5, 0.6) is 5.88 Å². The number of amides is 2. The molecule has 1 aliphatic heterocycles. The van der Waals surface area contributed by atoms with Crippen LogP contribution < -0.4 is 10.1 Å². The molecule has 4 rings (SSSR count). The van der Waals surface area contributed by atoms with Crippen LogP contribution in [-0.2, 0) is 22.7 Å². The summed E-state index contributed by atoms with van der Waals surface area (Å²) in [6, 6.07) is 9.39. The molecular formula is C22H26N4O3. The standard InChI is InChI=1S/C22H26N4O3/c27-20-12-17(14-26(20)15-18-7-3-4-10-23-18)21(28)25-13-16-6-5-11-24-22(16)29-19-8-1-2-9-19/h3-7,10-11,17,19H,1-2,8-9,12-15H2,(H,25,28)/t17-/m0/s1. The molecule has 3 heterocycles. The zero-order chi connectivity index (χ0) is 20.1. The molecule has 1 atom stereocenters. The van der Waals surface area contributed by atoms with E-state index in [2.05, 4.69) is 15.3 Å². The number of aromatic nitrogens is 2. The average molecular weight is 394 g/mol. The van der Waals surface area contributed by atoms with Crippen LogP contribution in [0.3, 0.4) is 0 Å². The fourth-order valence-corrected chi connectivity index (χ4v) is 3.94. The van der Waals surface area contributed by atoms with Gasteiger partial charge >= 0.3 is 0 Å². The van der Waals surface area contributed by atoms with Crippen molar-refractivity contribution in [3.8, 4) is 5.88 Å². The molecule has 0 spiro atoms. The minimum Gasteiger partial charge on any atom is -0.474 e. The molecule has 1 saturated heterocycles. The van der Waals surface area contributed by atoms with Crippen molar-refractivity contribution in [2.75, 3.05) is 6.54 Å². The molecule has 0 aromatic carbocycles. The maximum absolute atomic E-state index is 12.7. The number of nitrogens with zero attached hydrogens (tertiary/aromatic N) is 3. The number of pyridine rings is 2. The van der Waals surface area contributed by atoms with Crippen LogP contribution >= 0.6 is 0 Å². The summed E-state index contributed by atoms with van der Waals surface area (Å²) >= 11 is 0. The minimum atomic E-state index is -0.345. The first-order valence-corrected chi connectivity index (χ1v) is 10.2. The van der Waals surface area contributed by atoms with E-state index < -0.39 is 0 Å². The highest BCUT2D eigenvalue weighted by Crippen LogP contribution is 2.25. The van der Waals surface area contributed by atoms with Gasteiger partial charge in [0.15, 0.2) is 0 Å². The van der Waals surface area contributed by atoms with Gasteiger partial charge in [0.1, 0.15) is 6.10 Å². The lowest BCUT2D eigenvalue weighted by Crippen LogP contribution is -2.32. The molecule has 29 heavy (non-hydrogen) atoms. The van der Waals surface area contributed by atoms with Crippen molar-refractivity contribution in [1.82, 2.24) is 20.2 Å². The number of nitrogens with one attached hydrogen (secondary N) is 1. The highest BCUT2D eigenvalue weighted by atomic mass is 16.5. The fourth-order valence-electron chi connectivity index (χ4n) is 3.94. The van der Waals surface area contributed by atoms with Gasteiger partial charge in [-0.05, 0) is 43.9 Å². The summed E-state index contributed by atoms with van der Waals surface area (Å²) in [4.78, 5) is 35.3. The van der Waals surface area contributed by atoms with E-state index in [0.29, 0.717) is 25.5 Å². The molecule has 2 amide bonds. The van der Waals surface area contributed by atoms with Gasteiger partial charge in [-0.1, -0.05) is 12.1 Å². The molecule has 1 N–H and O–H groups in total. The van der Waals surface area contributed by atoms with Gasteiger partial charge in [-0.25, -0.2) is 4.98 Å². The Morgan fingerprint density at radius 1 is 1.14 bits per heavy atom. The van der Waals surface area contributed by atoms with Gasteiger partial charge in [0.25, 0.3) is 0 Å². The van der Waals surface area contributed by atoms with Crippen molar-refractivity contribution in [2.45, 2.75) is 51.3 Å². The third-order valence-electron chi connectivity index (χ3n) is 5.55. The van der Waals surface area contributed by atoms with Crippen LogP contribution in [0.15, 0.2) is 42.7 Å². The Morgan fingerprint density at radius 2 is 1.97 bits per heavy atom. The second-order valence-electron chi connectivity index (χ2n) is 7.71. The largest absolute Gasteiger partial charge is 0.474 e. The Kier molecular flexibility index (Phi) is 6.03. The monoisotopic (exact) mass is 394 g/mol. The molecule has 2 fully saturated rings. The molecule has 2 aromatic rings. The quantitative estimate of drug-likeness (QED) is 0.780. The van der Waals surface area contributed by atoms with E-state index in [1.807, 2.05) is 30.3 Å². The number of carbonyl (C=O) groups is 2. The van der Waals surface area contributed by atoms with Crippen LogP contribution in [0.25, 0.3) is 0 Å². The van der Waals surface area contributed by atoms with Crippen molar-refractivity contribution in [3.05, 3.63) is 54.0 Å².